The van der Waals surface area contributed by atoms with Gasteiger partial charge in [0.05, 0.1) is 12.0 Å². The van der Waals surface area contributed by atoms with Crippen LogP contribution in [0.15, 0.2) is 35.1 Å². The lowest BCUT2D eigenvalue weighted by Crippen LogP contribution is -1.78. The topological polar surface area (TPSA) is 26.0 Å². The molecule has 59 valence electrons. The van der Waals surface area contributed by atoms with Crippen molar-refractivity contribution < 1.29 is 4.42 Å². The zero-order valence-electron chi connectivity index (χ0n) is 6.53. The van der Waals surface area contributed by atoms with E-state index in [2.05, 4.69) is 11.9 Å². The molecule has 0 aliphatic rings. The fraction of sp³-hybridized carbons (Fsp3) is 0. The van der Waals surface area contributed by atoms with E-state index in [0.29, 0.717) is 0 Å². The summed E-state index contributed by atoms with van der Waals surface area (Å²) in [5.41, 5.74) is 1.76. The molecule has 2 nitrogen and oxygen atoms in total. The Morgan fingerprint density at radius 1 is 1.42 bits per heavy atom. The summed E-state index contributed by atoms with van der Waals surface area (Å²) in [6.07, 6.45) is 6.96. The number of pyridine rings is 1. The quantitative estimate of drug-likeness (QED) is 0.637. The van der Waals surface area contributed by atoms with Gasteiger partial charge in [-0.25, -0.2) is 0 Å². The maximum atomic E-state index is 5.21. The standard InChI is InChI=1S/C10H8NO/c1-2-3-9-8-5-7-12-10(8)4-6-11-9/h2-7H,1H2. The summed E-state index contributed by atoms with van der Waals surface area (Å²) in [6, 6.07) is 3.74. The zero-order valence-corrected chi connectivity index (χ0v) is 6.53. The van der Waals surface area contributed by atoms with Gasteiger partial charge in [-0.05, 0) is 25.1 Å². The van der Waals surface area contributed by atoms with Gasteiger partial charge in [0, 0.05) is 11.6 Å². The minimum atomic E-state index is 0.859. The molecule has 1 radical (unpaired) electrons. The molecule has 2 heterocycles. The number of nitrogens with zero attached hydrogens (tertiary/aromatic N) is 1. The van der Waals surface area contributed by atoms with E-state index >= 15 is 0 Å². The van der Waals surface area contributed by atoms with Gasteiger partial charge in [-0.3, -0.25) is 4.98 Å². The van der Waals surface area contributed by atoms with Crippen molar-refractivity contribution in [3.05, 3.63) is 43.3 Å². The minimum absolute atomic E-state index is 0.859. The van der Waals surface area contributed by atoms with Gasteiger partial charge in [0.25, 0.3) is 0 Å². The molecule has 0 fully saturated rings. The summed E-state index contributed by atoms with van der Waals surface area (Å²) < 4.78 is 5.21. The van der Waals surface area contributed by atoms with Crippen LogP contribution in [0.25, 0.3) is 17.0 Å². The van der Waals surface area contributed by atoms with Gasteiger partial charge in [-0.2, -0.15) is 0 Å². The Balaban J connectivity index is 2.73. The van der Waals surface area contributed by atoms with Crippen LogP contribution in [-0.2, 0) is 0 Å². The lowest BCUT2D eigenvalue weighted by atomic mass is 10.2. The summed E-state index contributed by atoms with van der Waals surface area (Å²) in [4.78, 5) is 4.18. The molecule has 0 aromatic carbocycles. The zero-order chi connectivity index (χ0) is 8.39. The third-order valence-electron chi connectivity index (χ3n) is 1.69. The van der Waals surface area contributed by atoms with Crippen LogP contribution in [0.1, 0.15) is 5.69 Å². The summed E-state index contributed by atoms with van der Waals surface area (Å²) >= 11 is 0. The molecule has 0 saturated carbocycles. The largest absolute Gasteiger partial charge is 0.464 e. The summed E-state index contributed by atoms with van der Waals surface area (Å²) in [7, 11) is 0. The number of furan rings is 1. The second-order valence-corrected chi connectivity index (χ2v) is 2.43. The first kappa shape index (κ1) is 7.10. The van der Waals surface area contributed by atoms with Crippen LogP contribution in [-0.4, -0.2) is 4.98 Å². The molecule has 0 amide bonds. The molecule has 0 bridgehead atoms. The van der Waals surface area contributed by atoms with Crippen molar-refractivity contribution in [2.45, 2.75) is 0 Å². The molecule has 2 aromatic rings. The van der Waals surface area contributed by atoms with Crippen molar-refractivity contribution in [3.8, 4) is 0 Å². The number of rotatable bonds is 1. The highest BCUT2D eigenvalue weighted by atomic mass is 16.3. The van der Waals surface area contributed by atoms with Crippen molar-refractivity contribution in [2.24, 2.45) is 0 Å². The van der Waals surface area contributed by atoms with Crippen molar-refractivity contribution >= 4 is 17.0 Å². The highest BCUT2D eigenvalue weighted by Crippen LogP contribution is 2.18. The van der Waals surface area contributed by atoms with Crippen LogP contribution in [0.2, 0.25) is 0 Å². The number of fused-ring (bicyclic) bond motifs is 1. The molecule has 2 aromatic heterocycles. The molecule has 0 aliphatic carbocycles. The molecule has 0 unspecified atom stereocenters. The van der Waals surface area contributed by atoms with Gasteiger partial charge in [-0.15, -0.1) is 0 Å². The lowest BCUT2D eigenvalue weighted by Gasteiger charge is -1.92. The Morgan fingerprint density at radius 2 is 2.33 bits per heavy atom. The Morgan fingerprint density at radius 3 is 3.17 bits per heavy atom. The molecular formula is C10H8NO. The average molecular weight is 158 g/mol. The molecule has 0 saturated heterocycles. The van der Waals surface area contributed by atoms with Crippen molar-refractivity contribution in [2.75, 3.05) is 0 Å². The van der Waals surface area contributed by atoms with Crippen LogP contribution >= 0.6 is 0 Å². The van der Waals surface area contributed by atoms with Crippen LogP contribution < -0.4 is 0 Å². The molecule has 0 atom stereocenters. The van der Waals surface area contributed by atoms with E-state index in [1.54, 1.807) is 18.5 Å². The number of hydrogen-bond acceptors (Lipinski definition) is 2. The van der Waals surface area contributed by atoms with Crippen molar-refractivity contribution in [1.82, 2.24) is 4.98 Å². The van der Waals surface area contributed by atoms with Gasteiger partial charge >= 0.3 is 0 Å². The second kappa shape index (κ2) is 2.81. The SMILES string of the molecule is [CH2]C=Cc1nccc2occc12. The molecular weight excluding hydrogens is 150 g/mol. The van der Waals surface area contributed by atoms with E-state index in [-0.39, 0.29) is 0 Å². The Hall–Kier alpha value is -1.57. The predicted molar refractivity (Wildman–Crippen MR) is 48.4 cm³/mol. The Bertz CT molecular complexity index is 414. The summed E-state index contributed by atoms with van der Waals surface area (Å²) in [5, 5.41) is 1.03. The van der Waals surface area contributed by atoms with Gasteiger partial charge in [-0.1, -0.05) is 6.08 Å². The molecule has 0 spiro atoms. The van der Waals surface area contributed by atoms with E-state index in [1.165, 1.54) is 0 Å². The second-order valence-electron chi connectivity index (χ2n) is 2.43. The normalized spacial score (nSPS) is 11.4. The Labute approximate surface area is 70.5 Å². The predicted octanol–water partition coefficient (Wildman–Crippen LogP) is 2.68. The lowest BCUT2D eigenvalue weighted by molar-refractivity contribution is 0.615. The monoisotopic (exact) mass is 158 g/mol. The summed E-state index contributed by atoms with van der Waals surface area (Å²) in [6.45, 7) is 3.62. The molecule has 0 aliphatic heterocycles. The van der Waals surface area contributed by atoms with Gasteiger partial charge in [0.2, 0.25) is 0 Å². The van der Waals surface area contributed by atoms with E-state index in [0.717, 1.165) is 16.7 Å². The molecule has 2 heteroatoms. The highest BCUT2D eigenvalue weighted by molar-refractivity contribution is 5.84. The van der Waals surface area contributed by atoms with Gasteiger partial charge < -0.3 is 4.42 Å². The fourth-order valence-corrected chi connectivity index (χ4v) is 1.16. The van der Waals surface area contributed by atoms with Crippen molar-refractivity contribution in [3.63, 3.8) is 0 Å². The maximum absolute atomic E-state index is 5.21. The van der Waals surface area contributed by atoms with E-state index in [1.807, 2.05) is 18.2 Å². The smallest absolute Gasteiger partial charge is 0.137 e. The minimum Gasteiger partial charge on any atom is -0.464 e. The molecule has 0 N–H and O–H groups in total. The fourth-order valence-electron chi connectivity index (χ4n) is 1.16. The van der Waals surface area contributed by atoms with Crippen LogP contribution in [0, 0.1) is 6.92 Å². The maximum Gasteiger partial charge on any atom is 0.137 e. The Kier molecular flexibility index (Phi) is 1.67. The van der Waals surface area contributed by atoms with Crippen molar-refractivity contribution in [1.29, 1.82) is 0 Å². The van der Waals surface area contributed by atoms with Crippen LogP contribution in [0.4, 0.5) is 0 Å². The van der Waals surface area contributed by atoms with Crippen LogP contribution in [0.5, 0.6) is 0 Å². The first-order valence-electron chi connectivity index (χ1n) is 3.70. The first-order chi connectivity index (χ1) is 5.92. The number of aromatic nitrogens is 1. The third-order valence-corrected chi connectivity index (χ3v) is 1.69. The van der Waals surface area contributed by atoms with Gasteiger partial charge in [0.15, 0.2) is 0 Å². The van der Waals surface area contributed by atoms with Crippen LogP contribution in [0.3, 0.4) is 0 Å². The van der Waals surface area contributed by atoms with E-state index in [4.69, 9.17) is 4.42 Å². The van der Waals surface area contributed by atoms with E-state index < -0.39 is 0 Å². The molecule has 12 heavy (non-hydrogen) atoms. The molecule has 2 rings (SSSR count). The average Bonchev–Trinajstić information content (AvgIpc) is 2.53. The first-order valence-corrected chi connectivity index (χ1v) is 3.70. The number of allylic oxidation sites excluding steroid dienone is 1. The summed E-state index contributed by atoms with van der Waals surface area (Å²) in [5.74, 6) is 0. The third kappa shape index (κ3) is 1.01. The van der Waals surface area contributed by atoms with Gasteiger partial charge in [0.1, 0.15) is 5.58 Å². The highest BCUT2D eigenvalue weighted by Gasteiger charge is 1.99. The number of hydrogen-bond donors (Lipinski definition) is 0. The van der Waals surface area contributed by atoms with E-state index in [9.17, 15) is 0 Å².